The Morgan fingerprint density at radius 2 is 1.69 bits per heavy atom. The molecule has 35 heavy (non-hydrogen) atoms. The monoisotopic (exact) mass is 534 g/mol. The van der Waals surface area contributed by atoms with Crippen molar-refractivity contribution in [3.63, 3.8) is 0 Å². The van der Waals surface area contributed by atoms with Gasteiger partial charge < -0.3 is 10.1 Å². The van der Waals surface area contributed by atoms with Gasteiger partial charge in [0.15, 0.2) is 0 Å². The van der Waals surface area contributed by atoms with E-state index in [0.717, 1.165) is 22.0 Å². The third kappa shape index (κ3) is 7.62. The van der Waals surface area contributed by atoms with Gasteiger partial charge in [-0.05, 0) is 74.7 Å². The Morgan fingerprint density at radius 1 is 1.00 bits per heavy atom. The molecule has 3 aromatic carbocycles. The zero-order valence-electron chi connectivity index (χ0n) is 19.6. The molecule has 0 saturated carbocycles. The standard InChI is InChI=1S/C26H28Cl2N2O4S/c1-19(2)34-22-13-10-20(11-14-22)7-6-16-29-26(31)18-30(25-15-12-21(27)17-24(25)28)35(32,33)23-8-4-3-5-9-23/h3-5,8-15,17,19H,6-7,16,18H2,1-2H3,(H,29,31). The Hall–Kier alpha value is -2.74. The molecule has 3 aromatic rings. The van der Waals surface area contributed by atoms with Crippen LogP contribution in [0.1, 0.15) is 25.8 Å². The van der Waals surface area contributed by atoms with E-state index in [2.05, 4.69) is 5.32 Å². The van der Waals surface area contributed by atoms with Gasteiger partial charge >= 0.3 is 0 Å². The summed E-state index contributed by atoms with van der Waals surface area (Å²) in [5, 5.41) is 3.31. The van der Waals surface area contributed by atoms with Crippen LogP contribution in [0.15, 0.2) is 77.7 Å². The highest BCUT2D eigenvalue weighted by Gasteiger charge is 2.28. The molecule has 0 aromatic heterocycles. The Balaban J connectivity index is 1.65. The van der Waals surface area contributed by atoms with Gasteiger partial charge in [-0.3, -0.25) is 9.10 Å². The minimum atomic E-state index is -4.04. The van der Waals surface area contributed by atoms with Crippen molar-refractivity contribution in [2.24, 2.45) is 0 Å². The van der Waals surface area contributed by atoms with Crippen molar-refractivity contribution < 1.29 is 17.9 Å². The average molecular weight is 535 g/mol. The quantitative estimate of drug-likeness (QED) is 0.319. The minimum absolute atomic E-state index is 0.0590. The van der Waals surface area contributed by atoms with Gasteiger partial charge in [-0.2, -0.15) is 0 Å². The minimum Gasteiger partial charge on any atom is -0.491 e. The Labute approximate surface area is 216 Å². The normalized spacial score (nSPS) is 11.3. The zero-order valence-corrected chi connectivity index (χ0v) is 21.9. The predicted octanol–water partition coefficient (Wildman–Crippen LogP) is 5.72. The van der Waals surface area contributed by atoms with Gasteiger partial charge in [0, 0.05) is 11.6 Å². The lowest BCUT2D eigenvalue weighted by Gasteiger charge is -2.25. The maximum absolute atomic E-state index is 13.4. The van der Waals surface area contributed by atoms with Crippen LogP contribution in [-0.4, -0.2) is 33.5 Å². The summed E-state index contributed by atoms with van der Waals surface area (Å²) < 4.78 is 33.4. The molecule has 0 spiro atoms. The third-order valence-corrected chi connectivity index (χ3v) is 7.37. The van der Waals surface area contributed by atoms with Crippen molar-refractivity contribution in [2.45, 2.75) is 37.7 Å². The second kappa shape index (κ2) is 12.3. The lowest BCUT2D eigenvalue weighted by atomic mass is 10.1. The van der Waals surface area contributed by atoms with E-state index in [1.165, 1.54) is 30.3 Å². The molecule has 0 aliphatic carbocycles. The van der Waals surface area contributed by atoms with Crippen molar-refractivity contribution >= 4 is 44.8 Å². The van der Waals surface area contributed by atoms with Crippen LogP contribution >= 0.6 is 23.2 Å². The molecule has 6 nitrogen and oxygen atoms in total. The van der Waals surface area contributed by atoms with E-state index < -0.39 is 22.5 Å². The van der Waals surface area contributed by atoms with E-state index in [1.807, 2.05) is 38.1 Å². The van der Waals surface area contributed by atoms with Crippen molar-refractivity contribution in [1.29, 1.82) is 0 Å². The lowest BCUT2D eigenvalue weighted by Crippen LogP contribution is -2.41. The SMILES string of the molecule is CC(C)Oc1ccc(CCCNC(=O)CN(c2ccc(Cl)cc2Cl)S(=O)(=O)c2ccccc2)cc1. The first-order valence-electron chi connectivity index (χ1n) is 11.2. The summed E-state index contributed by atoms with van der Waals surface area (Å²) in [6.45, 7) is 3.93. The van der Waals surface area contributed by atoms with Crippen LogP contribution in [0.2, 0.25) is 10.0 Å². The highest BCUT2D eigenvalue weighted by atomic mass is 35.5. The van der Waals surface area contributed by atoms with Crippen LogP contribution in [0.3, 0.4) is 0 Å². The number of aryl methyl sites for hydroxylation is 1. The molecule has 1 amide bonds. The second-order valence-electron chi connectivity index (χ2n) is 8.18. The van der Waals surface area contributed by atoms with Gasteiger partial charge in [-0.25, -0.2) is 8.42 Å². The Bertz CT molecular complexity index is 1230. The number of carbonyl (C=O) groups excluding carboxylic acids is 1. The summed E-state index contributed by atoms with van der Waals surface area (Å²) in [5.41, 5.74) is 1.30. The van der Waals surface area contributed by atoms with Gasteiger partial charge in [0.05, 0.1) is 21.7 Å². The number of anilines is 1. The molecule has 0 bridgehead atoms. The maximum Gasteiger partial charge on any atom is 0.264 e. The first kappa shape index (κ1) is 26.9. The van der Waals surface area contributed by atoms with Gasteiger partial charge in [0.25, 0.3) is 10.0 Å². The number of nitrogens with zero attached hydrogens (tertiary/aromatic N) is 1. The molecule has 0 unspecified atom stereocenters. The first-order chi connectivity index (χ1) is 16.7. The number of benzene rings is 3. The number of halogens is 2. The fraction of sp³-hybridized carbons (Fsp3) is 0.269. The molecule has 0 atom stereocenters. The number of hydrogen-bond donors (Lipinski definition) is 1. The van der Waals surface area contributed by atoms with Crippen LogP contribution in [0.4, 0.5) is 5.69 Å². The number of ether oxygens (including phenoxy) is 1. The Morgan fingerprint density at radius 3 is 2.31 bits per heavy atom. The van der Waals surface area contributed by atoms with Crippen LogP contribution in [0.5, 0.6) is 5.75 Å². The largest absolute Gasteiger partial charge is 0.491 e. The molecule has 9 heteroatoms. The van der Waals surface area contributed by atoms with E-state index in [0.29, 0.717) is 18.0 Å². The maximum atomic E-state index is 13.4. The number of hydrogen-bond acceptors (Lipinski definition) is 4. The van der Waals surface area contributed by atoms with Gasteiger partial charge in [0.2, 0.25) is 5.91 Å². The van der Waals surface area contributed by atoms with Crippen molar-refractivity contribution in [3.05, 3.63) is 88.4 Å². The first-order valence-corrected chi connectivity index (χ1v) is 13.4. The van der Waals surface area contributed by atoms with Crippen molar-refractivity contribution in [2.75, 3.05) is 17.4 Å². The smallest absolute Gasteiger partial charge is 0.264 e. The summed E-state index contributed by atoms with van der Waals surface area (Å²) in [6, 6.07) is 20.2. The Kier molecular flexibility index (Phi) is 9.43. The average Bonchev–Trinajstić information content (AvgIpc) is 2.82. The molecule has 0 saturated heterocycles. The summed E-state index contributed by atoms with van der Waals surface area (Å²) >= 11 is 12.3. The number of carbonyl (C=O) groups is 1. The van der Waals surface area contributed by atoms with E-state index in [1.54, 1.807) is 18.2 Å². The van der Waals surface area contributed by atoms with Crippen molar-refractivity contribution in [1.82, 2.24) is 5.32 Å². The van der Waals surface area contributed by atoms with E-state index in [4.69, 9.17) is 27.9 Å². The van der Waals surface area contributed by atoms with Crippen LogP contribution < -0.4 is 14.4 Å². The number of sulfonamides is 1. The topological polar surface area (TPSA) is 75.7 Å². The fourth-order valence-electron chi connectivity index (χ4n) is 3.42. The van der Waals surface area contributed by atoms with Crippen LogP contribution in [-0.2, 0) is 21.2 Å². The van der Waals surface area contributed by atoms with Crippen molar-refractivity contribution in [3.8, 4) is 5.75 Å². The molecule has 186 valence electrons. The second-order valence-corrected chi connectivity index (χ2v) is 10.9. The van der Waals surface area contributed by atoms with Gasteiger partial charge in [-0.1, -0.05) is 53.5 Å². The molecule has 0 aliphatic rings. The molecule has 0 aliphatic heterocycles. The molecule has 1 N–H and O–H groups in total. The highest BCUT2D eigenvalue weighted by Crippen LogP contribution is 2.32. The molecular weight excluding hydrogens is 507 g/mol. The summed E-state index contributed by atoms with van der Waals surface area (Å²) in [6.07, 6.45) is 1.57. The molecule has 0 fully saturated rings. The van der Waals surface area contributed by atoms with E-state index in [-0.39, 0.29) is 21.7 Å². The van der Waals surface area contributed by atoms with Crippen LogP contribution in [0, 0.1) is 0 Å². The van der Waals surface area contributed by atoms with Crippen LogP contribution in [0.25, 0.3) is 0 Å². The number of rotatable bonds is 11. The molecular formula is C26H28Cl2N2O4S. The summed E-state index contributed by atoms with van der Waals surface area (Å²) in [7, 11) is -4.04. The predicted molar refractivity (Wildman–Crippen MR) is 141 cm³/mol. The zero-order chi connectivity index (χ0) is 25.4. The summed E-state index contributed by atoms with van der Waals surface area (Å²) in [4.78, 5) is 12.8. The van der Waals surface area contributed by atoms with E-state index >= 15 is 0 Å². The highest BCUT2D eigenvalue weighted by molar-refractivity contribution is 7.92. The van der Waals surface area contributed by atoms with E-state index in [9.17, 15) is 13.2 Å². The van der Waals surface area contributed by atoms with Gasteiger partial charge in [0.1, 0.15) is 12.3 Å². The molecule has 0 radical (unpaired) electrons. The third-order valence-electron chi connectivity index (χ3n) is 5.06. The number of amides is 1. The number of nitrogens with one attached hydrogen (secondary N) is 1. The lowest BCUT2D eigenvalue weighted by molar-refractivity contribution is -0.119. The molecule has 3 rings (SSSR count). The summed E-state index contributed by atoms with van der Waals surface area (Å²) in [5.74, 6) is 0.383. The molecule has 0 heterocycles. The van der Waals surface area contributed by atoms with Gasteiger partial charge in [-0.15, -0.1) is 0 Å². The fourth-order valence-corrected chi connectivity index (χ4v) is 5.44.